The zero-order chi connectivity index (χ0) is 15.2. The third-order valence-corrected chi connectivity index (χ3v) is 3.41. The van der Waals surface area contributed by atoms with Crippen molar-refractivity contribution in [2.75, 3.05) is 13.7 Å². The van der Waals surface area contributed by atoms with Crippen molar-refractivity contribution in [3.63, 3.8) is 0 Å². The fraction of sp³-hybridized carbons (Fsp3) is 0.412. The molecule has 0 saturated heterocycles. The molecule has 1 heterocycles. The molecule has 0 fully saturated rings. The summed E-state index contributed by atoms with van der Waals surface area (Å²) >= 11 is 0. The molecule has 4 nitrogen and oxygen atoms in total. The highest BCUT2D eigenvalue weighted by molar-refractivity contribution is 5.77. The predicted octanol–water partition coefficient (Wildman–Crippen LogP) is 3.52. The average molecular weight is 287 g/mol. The number of Topliss-reactive ketones (excluding diaryl/α,β-unsaturated/α-hetero) is 1. The fourth-order valence-electron chi connectivity index (χ4n) is 2.48. The lowest BCUT2D eigenvalue weighted by Gasteiger charge is -2.18. The molecule has 1 aliphatic heterocycles. The summed E-state index contributed by atoms with van der Waals surface area (Å²) < 4.78 is 10.9. The van der Waals surface area contributed by atoms with Gasteiger partial charge in [0.15, 0.2) is 11.5 Å². The molecule has 0 aromatic heterocycles. The van der Waals surface area contributed by atoms with Crippen molar-refractivity contribution in [1.82, 2.24) is 0 Å². The molecule has 112 valence electrons. The summed E-state index contributed by atoms with van der Waals surface area (Å²) in [5, 5.41) is 0. The Labute approximate surface area is 125 Å². The number of methoxy groups -OCH3 is 1. The van der Waals surface area contributed by atoms with Gasteiger partial charge in [-0.25, -0.2) is 0 Å². The minimum absolute atomic E-state index is 0.0219. The Morgan fingerprint density at radius 1 is 1.38 bits per heavy atom. The molecule has 2 rings (SSSR count). The van der Waals surface area contributed by atoms with Crippen LogP contribution in [0, 0.1) is 0 Å². The zero-order valence-electron chi connectivity index (χ0n) is 12.8. The zero-order valence-corrected chi connectivity index (χ0v) is 12.8. The lowest BCUT2D eigenvalue weighted by Crippen LogP contribution is -2.07. The van der Waals surface area contributed by atoms with Gasteiger partial charge >= 0.3 is 0 Å². The Kier molecular flexibility index (Phi) is 5.14. The van der Waals surface area contributed by atoms with Gasteiger partial charge in [0, 0.05) is 30.7 Å². The number of carbonyl (C=O) groups excluding carboxylic acids is 1. The van der Waals surface area contributed by atoms with Crippen LogP contribution in [0.25, 0.3) is 0 Å². The van der Waals surface area contributed by atoms with E-state index in [1.807, 2.05) is 31.3 Å². The van der Waals surface area contributed by atoms with Gasteiger partial charge in [0.1, 0.15) is 5.78 Å². The monoisotopic (exact) mass is 287 g/mol. The maximum Gasteiger partial charge on any atom is 0.161 e. The molecule has 0 amide bonds. The van der Waals surface area contributed by atoms with Crippen LogP contribution in [0.3, 0.4) is 0 Å². The minimum atomic E-state index is -0.0219. The number of aliphatic imine (C=N–C) groups is 1. The van der Waals surface area contributed by atoms with Gasteiger partial charge in [0.25, 0.3) is 0 Å². The second-order valence-corrected chi connectivity index (χ2v) is 4.98. The molecule has 1 unspecified atom stereocenters. The molecule has 0 aliphatic carbocycles. The van der Waals surface area contributed by atoms with Gasteiger partial charge in [-0.15, -0.1) is 0 Å². The molecule has 0 spiro atoms. The lowest BCUT2D eigenvalue weighted by atomic mass is 9.90. The van der Waals surface area contributed by atoms with Crippen molar-refractivity contribution in [2.24, 2.45) is 4.99 Å². The number of hydrogen-bond acceptors (Lipinski definition) is 4. The van der Waals surface area contributed by atoms with Crippen LogP contribution in [0.2, 0.25) is 0 Å². The molecule has 0 saturated carbocycles. The number of ketones is 1. The van der Waals surface area contributed by atoms with E-state index in [0.29, 0.717) is 24.5 Å². The van der Waals surface area contributed by atoms with Crippen LogP contribution >= 0.6 is 0 Å². The lowest BCUT2D eigenvalue weighted by molar-refractivity contribution is -0.117. The number of nitrogens with zero attached hydrogens (tertiary/aromatic N) is 1. The van der Waals surface area contributed by atoms with Crippen molar-refractivity contribution >= 4 is 12.0 Å². The Bertz CT molecular complexity index is 575. The summed E-state index contributed by atoms with van der Waals surface area (Å²) in [6, 6.07) is 5.81. The summed E-state index contributed by atoms with van der Waals surface area (Å²) in [6.07, 6.45) is 5.22. The second kappa shape index (κ2) is 7.07. The fourth-order valence-corrected chi connectivity index (χ4v) is 2.48. The maximum atomic E-state index is 11.6. The van der Waals surface area contributed by atoms with Crippen molar-refractivity contribution < 1.29 is 14.3 Å². The number of ether oxygens (including phenoxy) is 2. The molecule has 1 aliphatic rings. The summed E-state index contributed by atoms with van der Waals surface area (Å²) in [4.78, 5) is 16.0. The van der Waals surface area contributed by atoms with E-state index < -0.39 is 0 Å². The molecule has 4 heteroatoms. The average Bonchev–Trinajstić information content (AvgIpc) is 2.99. The predicted molar refractivity (Wildman–Crippen MR) is 83.4 cm³/mol. The van der Waals surface area contributed by atoms with Gasteiger partial charge in [-0.1, -0.05) is 12.1 Å². The van der Waals surface area contributed by atoms with Gasteiger partial charge in [-0.2, -0.15) is 0 Å². The smallest absolute Gasteiger partial charge is 0.161 e. The number of benzene rings is 1. The SMILES string of the molecule is CCOc1cc(C(CC(C)=O)C2=CCC=N2)ccc1OC. The molecule has 0 radical (unpaired) electrons. The normalized spacial score (nSPS) is 14.7. The summed E-state index contributed by atoms with van der Waals surface area (Å²) in [6.45, 7) is 4.11. The Morgan fingerprint density at radius 3 is 2.76 bits per heavy atom. The Hall–Kier alpha value is -2.10. The third-order valence-electron chi connectivity index (χ3n) is 3.41. The molecular formula is C17H21NO3. The van der Waals surface area contributed by atoms with E-state index in [4.69, 9.17) is 9.47 Å². The first-order valence-corrected chi connectivity index (χ1v) is 7.18. The van der Waals surface area contributed by atoms with Crippen LogP contribution in [0.15, 0.2) is 35.0 Å². The summed E-state index contributed by atoms with van der Waals surface area (Å²) in [5.74, 6) is 1.53. The molecule has 0 bridgehead atoms. The van der Waals surface area contributed by atoms with Gasteiger partial charge in [-0.3, -0.25) is 9.79 Å². The van der Waals surface area contributed by atoms with E-state index in [1.54, 1.807) is 14.0 Å². The van der Waals surface area contributed by atoms with Crippen LogP contribution in [0.5, 0.6) is 11.5 Å². The van der Waals surface area contributed by atoms with Gasteiger partial charge < -0.3 is 9.47 Å². The Balaban J connectivity index is 2.37. The first kappa shape index (κ1) is 15.3. The molecule has 0 N–H and O–H groups in total. The van der Waals surface area contributed by atoms with Crippen LogP contribution < -0.4 is 9.47 Å². The van der Waals surface area contributed by atoms with Crippen molar-refractivity contribution in [3.05, 3.63) is 35.5 Å². The van der Waals surface area contributed by atoms with Crippen LogP contribution in [-0.4, -0.2) is 25.7 Å². The molecular weight excluding hydrogens is 266 g/mol. The highest BCUT2D eigenvalue weighted by Crippen LogP contribution is 2.36. The van der Waals surface area contributed by atoms with E-state index >= 15 is 0 Å². The standard InChI is InChI=1S/C17H21NO3/c1-4-21-17-11-13(7-8-16(17)20-3)14(10-12(2)19)15-6-5-9-18-15/h6-9,11,14H,4-5,10H2,1-3H3. The number of allylic oxidation sites excluding steroid dienone is 2. The van der Waals surface area contributed by atoms with Crippen LogP contribution in [0.1, 0.15) is 38.2 Å². The van der Waals surface area contributed by atoms with Gasteiger partial charge in [0.05, 0.1) is 13.7 Å². The molecule has 21 heavy (non-hydrogen) atoms. The highest BCUT2D eigenvalue weighted by atomic mass is 16.5. The largest absolute Gasteiger partial charge is 0.493 e. The van der Waals surface area contributed by atoms with Gasteiger partial charge in [0.2, 0.25) is 0 Å². The van der Waals surface area contributed by atoms with Crippen LogP contribution in [0.4, 0.5) is 0 Å². The molecule has 1 aromatic rings. The third kappa shape index (κ3) is 3.72. The quantitative estimate of drug-likeness (QED) is 0.771. The van der Waals surface area contributed by atoms with E-state index in [2.05, 4.69) is 11.1 Å². The van der Waals surface area contributed by atoms with Crippen molar-refractivity contribution in [3.8, 4) is 11.5 Å². The Morgan fingerprint density at radius 2 is 2.19 bits per heavy atom. The summed E-state index contributed by atoms with van der Waals surface area (Å²) in [7, 11) is 1.62. The number of hydrogen-bond donors (Lipinski definition) is 0. The highest BCUT2D eigenvalue weighted by Gasteiger charge is 2.21. The van der Waals surface area contributed by atoms with E-state index in [1.165, 1.54) is 0 Å². The molecule has 1 atom stereocenters. The molecule has 1 aromatic carbocycles. The van der Waals surface area contributed by atoms with Crippen molar-refractivity contribution in [2.45, 2.75) is 32.6 Å². The first-order valence-electron chi connectivity index (χ1n) is 7.18. The van der Waals surface area contributed by atoms with E-state index in [9.17, 15) is 4.79 Å². The second-order valence-electron chi connectivity index (χ2n) is 4.98. The van der Waals surface area contributed by atoms with E-state index in [-0.39, 0.29) is 11.7 Å². The first-order chi connectivity index (χ1) is 10.2. The summed E-state index contributed by atoms with van der Waals surface area (Å²) in [5.41, 5.74) is 1.98. The van der Waals surface area contributed by atoms with Crippen molar-refractivity contribution in [1.29, 1.82) is 0 Å². The number of carbonyl (C=O) groups is 1. The number of rotatable bonds is 7. The van der Waals surface area contributed by atoms with E-state index in [0.717, 1.165) is 17.7 Å². The topological polar surface area (TPSA) is 47.9 Å². The van der Waals surface area contributed by atoms with Crippen LogP contribution in [-0.2, 0) is 4.79 Å². The van der Waals surface area contributed by atoms with Gasteiger partial charge in [-0.05, 0) is 31.5 Å². The minimum Gasteiger partial charge on any atom is -0.493 e. The maximum absolute atomic E-state index is 11.6.